The molecule has 2 saturated heterocycles. The van der Waals surface area contributed by atoms with Gasteiger partial charge in [-0.05, 0) is 31.4 Å². The molecule has 1 atom stereocenters. The first-order valence-corrected chi connectivity index (χ1v) is 8.39. The van der Waals surface area contributed by atoms with Gasteiger partial charge < -0.3 is 14.4 Å². The number of carbonyl (C=O) groups is 2. The Hall–Kier alpha value is -2.34. The van der Waals surface area contributed by atoms with Crippen LogP contribution >= 0.6 is 0 Å². The predicted molar refractivity (Wildman–Crippen MR) is 88.8 cm³/mol. The van der Waals surface area contributed by atoms with E-state index in [2.05, 4.69) is 10.2 Å². The van der Waals surface area contributed by atoms with Gasteiger partial charge in [0.1, 0.15) is 5.58 Å². The summed E-state index contributed by atoms with van der Waals surface area (Å²) in [6.07, 6.45) is 3.86. The lowest BCUT2D eigenvalue weighted by atomic mass is 9.90. The van der Waals surface area contributed by atoms with Crippen molar-refractivity contribution in [2.24, 2.45) is 0 Å². The third kappa shape index (κ3) is 2.67. The van der Waals surface area contributed by atoms with E-state index in [9.17, 15) is 14.7 Å². The first-order valence-electron chi connectivity index (χ1n) is 8.39. The smallest absolute Gasteiger partial charge is 0.234 e. The minimum Gasteiger partial charge on any atom is -0.464 e. The van der Waals surface area contributed by atoms with Crippen LogP contribution in [0.3, 0.4) is 0 Å². The van der Waals surface area contributed by atoms with E-state index >= 15 is 0 Å². The van der Waals surface area contributed by atoms with Gasteiger partial charge in [-0.15, -0.1) is 0 Å². The van der Waals surface area contributed by atoms with Crippen molar-refractivity contribution < 1.29 is 19.1 Å². The van der Waals surface area contributed by atoms with Gasteiger partial charge in [-0.1, -0.05) is 0 Å². The molecule has 126 valence electrons. The summed E-state index contributed by atoms with van der Waals surface area (Å²) in [7, 11) is 0. The van der Waals surface area contributed by atoms with Crippen molar-refractivity contribution in [2.75, 3.05) is 18.0 Å². The summed E-state index contributed by atoms with van der Waals surface area (Å²) < 4.78 is 5.69. The molecule has 2 aromatic rings. The molecular weight excluding hydrogens is 308 g/mol. The highest BCUT2D eigenvalue weighted by atomic mass is 16.3. The normalized spacial score (nSPS) is 22.9. The number of nitrogens with one attached hydrogen (secondary N) is 1. The van der Waals surface area contributed by atoms with Crippen LogP contribution in [0.15, 0.2) is 28.9 Å². The predicted octanol–water partition coefficient (Wildman–Crippen LogP) is 1.91. The van der Waals surface area contributed by atoms with Gasteiger partial charge in [0.2, 0.25) is 11.8 Å². The van der Waals surface area contributed by atoms with Crippen LogP contribution < -0.4 is 10.2 Å². The number of aliphatic hydroxyl groups is 1. The van der Waals surface area contributed by atoms with Crippen molar-refractivity contribution in [3.63, 3.8) is 0 Å². The second-order valence-electron chi connectivity index (χ2n) is 6.59. The van der Waals surface area contributed by atoms with E-state index in [1.54, 1.807) is 6.26 Å². The summed E-state index contributed by atoms with van der Waals surface area (Å²) in [4.78, 5) is 25.6. The molecule has 0 radical (unpaired) electrons. The van der Waals surface area contributed by atoms with E-state index in [1.165, 1.54) is 0 Å². The van der Waals surface area contributed by atoms with Crippen molar-refractivity contribution in [1.29, 1.82) is 0 Å². The maximum Gasteiger partial charge on any atom is 0.234 e. The fourth-order valence-electron chi connectivity index (χ4n) is 3.62. The summed E-state index contributed by atoms with van der Waals surface area (Å²) in [5.41, 5.74) is 2.66. The lowest BCUT2D eigenvalue weighted by Crippen LogP contribution is -2.39. The zero-order chi connectivity index (χ0) is 16.7. The molecular formula is C18H20N2O4. The Morgan fingerprint density at radius 1 is 1.17 bits per heavy atom. The van der Waals surface area contributed by atoms with Crippen molar-refractivity contribution in [3.8, 4) is 0 Å². The molecule has 2 aliphatic heterocycles. The van der Waals surface area contributed by atoms with Gasteiger partial charge in [0.25, 0.3) is 0 Å². The van der Waals surface area contributed by atoms with Gasteiger partial charge in [-0.2, -0.15) is 0 Å². The molecule has 2 amide bonds. The second kappa shape index (κ2) is 5.94. The number of fused-ring (bicyclic) bond motifs is 1. The summed E-state index contributed by atoms with van der Waals surface area (Å²) in [6, 6.07) is 6.01. The van der Waals surface area contributed by atoms with E-state index < -0.39 is 0 Å². The van der Waals surface area contributed by atoms with Crippen molar-refractivity contribution in [2.45, 2.75) is 37.7 Å². The Kier molecular flexibility index (Phi) is 3.76. The topological polar surface area (TPSA) is 82.8 Å². The second-order valence-corrected chi connectivity index (χ2v) is 6.59. The van der Waals surface area contributed by atoms with Crippen LogP contribution in [0.25, 0.3) is 11.0 Å². The Labute approximate surface area is 139 Å². The molecule has 0 spiro atoms. The van der Waals surface area contributed by atoms with Crippen molar-refractivity contribution >= 4 is 28.5 Å². The molecule has 4 rings (SSSR count). The number of benzene rings is 1. The average Bonchev–Trinajstić information content (AvgIpc) is 2.98. The van der Waals surface area contributed by atoms with Gasteiger partial charge in [-0.3, -0.25) is 14.9 Å². The number of anilines is 1. The molecule has 2 fully saturated rings. The molecule has 2 aliphatic rings. The fraction of sp³-hybridized carbons (Fsp3) is 0.444. The Balaban J connectivity index is 1.61. The number of carbonyl (C=O) groups excluding carboxylic acids is 2. The number of hydrogen-bond donors (Lipinski definition) is 2. The highest BCUT2D eigenvalue weighted by Gasteiger charge is 2.30. The number of imide groups is 1. The highest BCUT2D eigenvalue weighted by molar-refractivity contribution is 6.02. The minimum absolute atomic E-state index is 0.201. The van der Waals surface area contributed by atoms with Gasteiger partial charge in [0.05, 0.1) is 18.3 Å². The Morgan fingerprint density at radius 2 is 1.96 bits per heavy atom. The summed E-state index contributed by atoms with van der Waals surface area (Å²) in [5.74, 6) is -0.790. The van der Waals surface area contributed by atoms with Gasteiger partial charge in [0, 0.05) is 42.2 Å². The minimum atomic E-state index is -0.333. The van der Waals surface area contributed by atoms with Crippen LogP contribution in [-0.2, 0) is 9.59 Å². The van der Waals surface area contributed by atoms with Crippen LogP contribution in [0.2, 0.25) is 0 Å². The molecule has 6 nitrogen and oxygen atoms in total. The quantitative estimate of drug-likeness (QED) is 0.823. The Bertz CT molecular complexity index is 789. The van der Waals surface area contributed by atoms with E-state index in [-0.39, 0.29) is 23.8 Å². The molecule has 0 aliphatic carbocycles. The number of amides is 2. The molecule has 2 N–H and O–H groups in total. The van der Waals surface area contributed by atoms with E-state index in [4.69, 9.17) is 4.42 Å². The number of aliphatic hydroxyl groups excluding tert-OH is 1. The molecule has 24 heavy (non-hydrogen) atoms. The summed E-state index contributed by atoms with van der Waals surface area (Å²) in [5, 5.41) is 12.9. The van der Waals surface area contributed by atoms with Crippen molar-refractivity contribution in [1.82, 2.24) is 5.32 Å². The average molecular weight is 328 g/mol. The lowest BCUT2D eigenvalue weighted by Gasteiger charge is -2.31. The fourth-order valence-corrected chi connectivity index (χ4v) is 3.62. The van der Waals surface area contributed by atoms with Gasteiger partial charge >= 0.3 is 0 Å². The Morgan fingerprint density at radius 3 is 2.71 bits per heavy atom. The zero-order valence-corrected chi connectivity index (χ0v) is 13.3. The monoisotopic (exact) mass is 328 g/mol. The van der Waals surface area contributed by atoms with Gasteiger partial charge in [-0.25, -0.2) is 0 Å². The van der Waals surface area contributed by atoms with Gasteiger partial charge in [0.15, 0.2) is 0 Å². The highest BCUT2D eigenvalue weighted by Crippen LogP contribution is 2.34. The van der Waals surface area contributed by atoms with Crippen LogP contribution in [0.4, 0.5) is 5.69 Å². The number of hydrogen-bond acceptors (Lipinski definition) is 5. The number of rotatable bonds is 2. The van der Waals surface area contributed by atoms with Crippen LogP contribution in [-0.4, -0.2) is 36.1 Å². The van der Waals surface area contributed by atoms with Crippen LogP contribution in [0, 0.1) is 0 Å². The van der Waals surface area contributed by atoms with E-state index in [0.717, 1.165) is 48.2 Å². The summed E-state index contributed by atoms with van der Waals surface area (Å²) in [6.45, 7) is 1.65. The SMILES string of the molecule is O=C1CC[C@@H](c2coc3cc(N4CCC(O)CC4)ccc23)C(=O)N1. The van der Waals surface area contributed by atoms with Crippen LogP contribution in [0.5, 0.6) is 0 Å². The summed E-state index contributed by atoms with van der Waals surface area (Å²) >= 11 is 0. The largest absolute Gasteiger partial charge is 0.464 e. The maximum atomic E-state index is 12.1. The maximum absolute atomic E-state index is 12.1. The third-order valence-electron chi connectivity index (χ3n) is 5.03. The van der Waals surface area contributed by atoms with Crippen LogP contribution in [0.1, 0.15) is 37.2 Å². The standard InChI is InChI=1S/C18H20N2O4/c21-12-5-7-20(8-6-12)11-1-2-13-15(10-24-16(13)9-11)14-3-4-17(22)19-18(14)23/h1-2,9-10,12,14,21H,3-8H2,(H,19,22,23)/t14-/m0/s1. The molecule has 6 heteroatoms. The van der Waals surface area contributed by atoms with E-state index in [1.807, 2.05) is 18.2 Å². The number of piperidine rings is 2. The third-order valence-corrected chi connectivity index (χ3v) is 5.03. The molecule has 0 unspecified atom stereocenters. The number of nitrogens with zero attached hydrogens (tertiary/aromatic N) is 1. The van der Waals surface area contributed by atoms with E-state index in [0.29, 0.717) is 12.8 Å². The first kappa shape index (κ1) is 15.2. The molecule has 0 bridgehead atoms. The lowest BCUT2D eigenvalue weighted by molar-refractivity contribution is -0.134. The molecule has 0 saturated carbocycles. The zero-order valence-electron chi connectivity index (χ0n) is 13.3. The molecule has 1 aromatic carbocycles. The molecule has 3 heterocycles. The number of furan rings is 1. The first-order chi connectivity index (χ1) is 11.6. The molecule has 1 aromatic heterocycles. The van der Waals surface area contributed by atoms with Crippen molar-refractivity contribution in [3.05, 3.63) is 30.0 Å².